The van der Waals surface area contributed by atoms with Gasteiger partial charge in [-0.3, -0.25) is 0 Å². The molecule has 4 heteroatoms. The van der Waals surface area contributed by atoms with Crippen molar-refractivity contribution in [3.05, 3.63) is 23.5 Å². The Morgan fingerprint density at radius 2 is 2.00 bits per heavy atom. The Labute approximate surface area is 81.5 Å². The van der Waals surface area contributed by atoms with Crippen LogP contribution >= 0.6 is 0 Å². The predicted octanol–water partition coefficient (Wildman–Crippen LogP) is 1.45. The van der Waals surface area contributed by atoms with Crippen LogP contribution in [0.25, 0.3) is 0 Å². The largest absolute Gasteiger partial charge is 0.505 e. The highest BCUT2D eigenvalue weighted by Gasteiger charge is 2.37. The average Bonchev–Trinajstić information content (AvgIpc) is 2.07. The van der Waals surface area contributed by atoms with Crippen molar-refractivity contribution in [1.82, 2.24) is 0 Å². The van der Waals surface area contributed by atoms with E-state index in [4.69, 9.17) is 11.5 Å². The van der Waals surface area contributed by atoms with Crippen molar-refractivity contribution in [2.75, 3.05) is 5.73 Å². The Bertz CT molecular complexity index is 375. The van der Waals surface area contributed by atoms with Crippen molar-refractivity contribution < 1.29 is 9.50 Å². The summed E-state index contributed by atoms with van der Waals surface area (Å²) in [5.41, 5.74) is 11.3. The molecule has 0 unspecified atom stereocenters. The third-order valence-electron chi connectivity index (χ3n) is 2.89. The summed E-state index contributed by atoms with van der Waals surface area (Å²) < 4.78 is 13.1. The topological polar surface area (TPSA) is 72.3 Å². The highest BCUT2D eigenvalue weighted by atomic mass is 19.1. The number of nitrogen functional groups attached to an aromatic ring is 1. The number of phenolic OH excluding ortho intramolecular Hbond substituents is 1. The van der Waals surface area contributed by atoms with Gasteiger partial charge in [0.25, 0.3) is 0 Å². The van der Waals surface area contributed by atoms with E-state index in [9.17, 15) is 9.50 Å². The molecule has 0 radical (unpaired) electrons. The Morgan fingerprint density at radius 1 is 1.36 bits per heavy atom. The van der Waals surface area contributed by atoms with E-state index in [1.165, 1.54) is 6.07 Å². The molecule has 1 aromatic rings. The van der Waals surface area contributed by atoms with Crippen molar-refractivity contribution in [3.8, 4) is 5.75 Å². The smallest absolute Gasteiger partial charge is 0.143 e. The molecular formula is C10H13FN2O. The van der Waals surface area contributed by atoms with Crippen LogP contribution in [0.5, 0.6) is 5.75 Å². The van der Waals surface area contributed by atoms with Crippen molar-refractivity contribution in [2.24, 2.45) is 5.73 Å². The summed E-state index contributed by atoms with van der Waals surface area (Å²) in [6.45, 7) is 0. The van der Waals surface area contributed by atoms with Gasteiger partial charge in [-0.2, -0.15) is 0 Å². The number of rotatable bonds is 1. The van der Waals surface area contributed by atoms with Crippen LogP contribution in [0.4, 0.5) is 10.1 Å². The molecule has 1 fully saturated rings. The number of hydrogen-bond donors (Lipinski definition) is 3. The van der Waals surface area contributed by atoms with Gasteiger partial charge in [0, 0.05) is 17.2 Å². The highest BCUT2D eigenvalue weighted by Crippen LogP contribution is 2.44. The molecule has 1 aliphatic rings. The maximum atomic E-state index is 13.1. The molecule has 1 aliphatic carbocycles. The molecule has 0 amide bonds. The molecular weight excluding hydrogens is 183 g/mol. The molecule has 1 saturated carbocycles. The summed E-state index contributed by atoms with van der Waals surface area (Å²) in [5, 5.41) is 9.65. The lowest BCUT2D eigenvalue weighted by Crippen LogP contribution is -2.43. The summed E-state index contributed by atoms with van der Waals surface area (Å²) in [4.78, 5) is 0. The fourth-order valence-corrected chi connectivity index (χ4v) is 1.83. The average molecular weight is 196 g/mol. The maximum Gasteiger partial charge on any atom is 0.143 e. The zero-order valence-electron chi connectivity index (χ0n) is 7.76. The number of halogens is 1. The molecule has 1 aromatic carbocycles. The SMILES string of the molecule is Nc1cc(F)cc(C2(N)CCC2)c1O. The minimum Gasteiger partial charge on any atom is -0.505 e. The second-order valence-electron chi connectivity index (χ2n) is 3.90. The van der Waals surface area contributed by atoms with Crippen molar-refractivity contribution >= 4 is 5.69 Å². The zero-order chi connectivity index (χ0) is 10.3. The number of phenols is 1. The van der Waals surface area contributed by atoms with Gasteiger partial charge in [-0.15, -0.1) is 0 Å². The number of anilines is 1. The van der Waals surface area contributed by atoms with Crippen LogP contribution in [-0.4, -0.2) is 5.11 Å². The van der Waals surface area contributed by atoms with Gasteiger partial charge in [0.15, 0.2) is 0 Å². The van der Waals surface area contributed by atoms with E-state index in [2.05, 4.69) is 0 Å². The third kappa shape index (κ3) is 1.23. The highest BCUT2D eigenvalue weighted by molar-refractivity contribution is 5.58. The van der Waals surface area contributed by atoms with Crippen LogP contribution in [0.15, 0.2) is 12.1 Å². The quantitative estimate of drug-likeness (QED) is 0.470. The fourth-order valence-electron chi connectivity index (χ4n) is 1.83. The molecule has 2 rings (SSSR count). The lowest BCUT2D eigenvalue weighted by Gasteiger charge is -2.39. The lowest BCUT2D eigenvalue weighted by molar-refractivity contribution is 0.245. The van der Waals surface area contributed by atoms with Gasteiger partial charge in [0.1, 0.15) is 11.6 Å². The predicted molar refractivity (Wildman–Crippen MR) is 52.2 cm³/mol. The van der Waals surface area contributed by atoms with Gasteiger partial charge in [-0.25, -0.2) is 4.39 Å². The Balaban J connectivity index is 2.51. The number of aromatic hydroxyl groups is 1. The molecule has 5 N–H and O–H groups in total. The minimum absolute atomic E-state index is 0.0525. The summed E-state index contributed by atoms with van der Waals surface area (Å²) >= 11 is 0. The Hall–Kier alpha value is -1.29. The van der Waals surface area contributed by atoms with Gasteiger partial charge in [-0.05, 0) is 25.3 Å². The molecule has 14 heavy (non-hydrogen) atoms. The van der Waals surface area contributed by atoms with Gasteiger partial charge in [0.2, 0.25) is 0 Å². The maximum absolute atomic E-state index is 13.1. The molecule has 0 saturated heterocycles. The third-order valence-corrected chi connectivity index (χ3v) is 2.89. The van der Waals surface area contributed by atoms with E-state index in [0.29, 0.717) is 5.56 Å². The van der Waals surface area contributed by atoms with E-state index < -0.39 is 11.4 Å². The zero-order valence-corrected chi connectivity index (χ0v) is 7.76. The Kier molecular flexibility index (Phi) is 1.89. The van der Waals surface area contributed by atoms with Gasteiger partial charge >= 0.3 is 0 Å². The normalized spacial score (nSPS) is 19.0. The van der Waals surface area contributed by atoms with E-state index >= 15 is 0 Å². The van der Waals surface area contributed by atoms with Gasteiger partial charge in [0.05, 0.1) is 5.69 Å². The second-order valence-corrected chi connectivity index (χ2v) is 3.90. The van der Waals surface area contributed by atoms with Crippen LogP contribution in [-0.2, 0) is 5.54 Å². The van der Waals surface area contributed by atoms with Crippen LogP contribution in [0.2, 0.25) is 0 Å². The van der Waals surface area contributed by atoms with Crippen LogP contribution in [0.3, 0.4) is 0 Å². The first kappa shape index (κ1) is 9.27. The molecule has 76 valence electrons. The number of benzene rings is 1. The van der Waals surface area contributed by atoms with Crippen molar-refractivity contribution in [3.63, 3.8) is 0 Å². The second kappa shape index (κ2) is 2.85. The molecule has 0 bridgehead atoms. The molecule has 3 nitrogen and oxygen atoms in total. The minimum atomic E-state index is -0.583. The van der Waals surface area contributed by atoms with E-state index in [1.54, 1.807) is 0 Å². The summed E-state index contributed by atoms with van der Waals surface area (Å²) in [5.74, 6) is -0.527. The molecule has 0 atom stereocenters. The monoisotopic (exact) mass is 196 g/mol. The molecule has 0 aliphatic heterocycles. The number of hydrogen-bond acceptors (Lipinski definition) is 3. The van der Waals surface area contributed by atoms with Gasteiger partial charge in [-0.1, -0.05) is 0 Å². The van der Waals surface area contributed by atoms with Crippen LogP contribution in [0.1, 0.15) is 24.8 Å². The molecule has 0 spiro atoms. The van der Waals surface area contributed by atoms with E-state index in [-0.39, 0.29) is 11.4 Å². The van der Waals surface area contributed by atoms with Crippen LogP contribution in [0, 0.1) is 5.82 Å². The van der Waals surface area contributed by atoms with E-state index in [1.807, 2.05) is 0 Å². The van der Waals surface area contributed by atoms with E-state index in [0.717, 1.165) is 25.3 Å². The van der Waals surface area contributed by atoms with Gasteiger partial charge < -0.3 is 16.6 Å². The Morgan fingerprint density at radius 3 is 2.50 bits per heavy atom. The standard InChI is InChI=1S/C10H13FN2O/c11-6-4-7(9(14)8(12)5-6)10(13)2-1-3-10/h4-5,14H,1-3,12-13H2. The summed E-state index contributed by atoms with van der Waals surface area (Å²) in [6.07, 6.45) is 2.54. The first-order valence-electron chi connectivity index (χ1n) is 4.60. The lowest BCUT2D eigenvalue weighted by atomic mass is 9.72. The molecule has 0 aromatic heterocycles. The first-order valence-corrected chi connectivity index (χ1v) is 4.60. The first-order chi connectivity index (χ1) is 6.53. The van der Waals surface area contributed by atoms with Crippen molar-refractivity contribution in [1.29, 1.82) is 0 Å². The number of nitrogens with two attached hydrogens (primary N) is 2. The fraction of sp³-hybridized carbons (Fsp3) is 0.400. The summed E-state index contributed by atoms with van der Waals surface area (Å²) in [6, 6.07) is 2.37. The molecule has 0 heterocycles. The van der Waals surface area contributed by atoms with Crippen LogP contribution < -0.4 is 11.5 Å². The van der Waals surface area contributed by atoms with Crippen molar-refractivity contribution in [2.45, 2.75) is 24.8 Å². The summed E-state index contributed by atoms with van der Waals surface area (Å²) in [7, 11) is 0.